The smallest absolute Gasteiger partial charge is 0.169 e. The molecular formula is C23H39N3S. The number of rotatable bonds is 10. The highest BCUT2D eigenvalue weighted by Crippen LogP contribution is 2.18. The average molecular weight is 390 g/mol. The van der Waals surface area contributed by atoms with Gasteiger partial charge in [0.15, 0.2) is 5.11 Å². The predicted molar refractivity (Wildman–Crippen MR) is 121 cm³/mol. The van der Waals surface area contributed by atoms with E-state index in [1.807, 2.05) is 0 Å². The van der Waals surface area contributed by atoms with Gasteiger partial charge in [0.05, 0.1) is 0 Å². The van der Waals surface area contributed by atoms with E-state index in [0.717, 1.165) is 24.5 Å². The van der Waals surface area contributed by atoms with Crippen molar-refractivity contribution >= 4 is 17.3 Å². The molecule has 1 heterocycles. The van der Waals surface area contributed by atoms with Crippen molar-refractivity contribution in [1.82, 2.24) is 15.1 Å². The molecule has 1 N–H and O–H groups in total. The Bertz CT molecular complexity index is 526. The van der Waals surface area contributed by atoms with Crippen LogP contribution in [-0.4, -0.2) is 53.7 Å². The molecule has 0 spiro atoms. The number of thiocarbonyl (C=S) groups is 1. The zero-order chi connectivity index (χ0) is 19.5. The molecule has 3 nitrogen and oxygen atoms in total. The monoisotopic (exact) mass is 389 g/mol. The van der Waals surface area contributed by atoms with Gasteiger partial charge < -0.3 is 15.1 Å². The zero-order valence-corrected chi connectivity index (χ0v) is 18.4. The first-order valence-electron chi connectivity index (χ1n) is 10.9. The first-order valence-corrected chi connectivity index (χ1v) is 11.3. The summed E-state index contributed by atoms with van der Waals surface area (Å²) < 4.78 is 0. The van der Waals surface area contributed by atoms with Gasteiger partial charge in [-0.2, -0.15) is 0 Å². The standard InChI is InChI=1S/C23H39N3S/c1-4-6-8-13-21(5-2)24-23(27)26(22-15-17-25(3)18-16-22)19-14-20-11-9-7-10-12-20/h7,9-12,21-22H,4-6,8,13-19H2,1-3H3,(H,24,27). The van der Waals surface area contributed by atoms with Crippen molar-refractivity contribution < 1.29 is 0 Å². The molecule has 0 amide bonds. The van der Waals surface area contributed by atoms with E-state index in [1.54, 1.807) is 0 Å². The first kappa shape index (κ1) is 22.2. The summed E-state index contributed by atoms with van der Waals surface area (Å²) in [6, 6.07) is 11.9. The Morgan fingerprint density at radius 3 is 2.52 bits per heavy atom. The molecular weight excluding hydrogens is 350 g/mol. The molecule has 1 fully saturated rings. The lowest BCUT2D eigenvalue weighted by Gasteiger charge is -2.40. The summed E-state index contributed by atoms with van der Waals surface area (Å²) >= 11 is 5.92. The normalized spacial score (nSPS) is 16.9. The molecule has 0 radical (unpaired) electrons. The molecule has 0 saturated carbocycles. The van der Waals surface area contributed by atoms with E-state index >= 15 is 0 Å². The molecule has 1 aliphatic heterocycles. The lowest BCUT2D eigenvalue weighted by atomic mass is 10.0. The van der Waals surface area contributed by atoms with Crippen molar-refractivity contribution in [2.75, 3.05) is 26.7 Å². The van der Waals surface area contributed by atoms with Crippen LogP contribution in [-0.2, 0) is 6.42 Å². The number of hydrogen-bond donors (Lipinski definition) is 1. The third-order valence-corrected chi connectivity index (χ3v) is 6.20. The van der Waals surface area contributed by atoms with Crippen LogP contribution >= 0.6 is 12.2 Å². The minimum Gasteiger partial charge on any atom is -0.360 e. The molecule has 0 bridgehead atoms. The fourth-order valence-electron chi connectivity index (χ4n) is 3.93. The van der Waals surface area contributed by atoms with E-state index in [4.69, 9.17) is 12.2 Å². The van der Waals surface area contributed by atoms with Crippen LogP contribution in [0, 0.1) is 0 Å². The summed E-state index contributed by atoms with van der Waals surface area (Å²) in [6.45, 7) is 7.89. The minimum absolute atomic E-state index is 0.509. The molecule has 1 unspecified atom stereocenters. The van der Waals surface area contributed by atoms with Crippen LogP contribution in [0.5, 0.6) is 0 Å². The number of unbranched alkanes of at least 4 members (excludes halogenated alkanes) is 2. The van der Waals surface area contributed by atoms with Gasteiger partial charge in [-0.1, -0.05) is 63.4 Å². The molecule has 4 heteroatoms. The Labute approximate surface area is 172 Å². The van der Waals surface area contributed by atoms with Crippen molar-refractivity contribution in [2.45, 2.75) is 77.3 Å². The van der Waals surface area contributed by atoms with Crippen molar-refractivity contribution in [1.29, 1.82) is 0 Å². The van der Waals surface area contributed by atoms with Gasteiger partial charge in [-0.25, -0.2) is 0 Å². The van der Waals surface area contributed by atoms with Crippen molar-refractivity contribution in [3.63, 3.8) is 0 Å². The molecule has 1 atom stereocenters. The fourth-order valence-corrected chi connectivity index (χ4v) is 4.33. The Hall–Kier alpha value is -1.13. The second kappa shape index (κ2) is 12.4. The SMILES string of the molecule is CCCCCC(CC)NC(=S)N(CCc1ccccc1)C1CCN(C)CC1. The molecule has 2 rings (SSSR count). The average Bonchev–Trinajstić information content (AvgIpc) is 2.69. The number of nitrogens with zero attached hydrogens (tertiary/aromatic N) is 2. The van der Waals surface area contributed by atoms with E-state index < -0.39 is 0 Å². The van der Waals surface area contributed by atoms with Gasteiger partial charge in [-0.05, 0) is 70.0 Å². The summed E-state index contributed by atoms with van der Waals surface area (Å²) in [5.74, 6) is 0. The van der Waals surface area contributed by atoms with Gasteiger partial charge in [-0.15, -0.1) is 0 Å². The highest BCUT2D eigenvalue weighted by atomic mass is 32.1. The number of likely N-dealkylation sites (tertiary alicyclic amines) is 1. The van der Waals surface area contributed by atoms with E-state index in [0.29, 0.717) is 12.1 Å². The van der Waals surface area contributed by atoms with Crippen LogP contribution in [0.25, 0.3) is 0 Å². The molecule has 152 valence electrons. The third kappa shape index (κ3) is 7.79. The Morgan fingerprint density at radius 2 is 1.89 bits per heavy atom. The Morgan fingerprint density at radius 1 is 1.19 bits per heavy atom. The maximum absolute atomic E-state index is 5.92. The van der Waals surface area contributed by atoms with Crippen LogP contribution in [0.2, 0.25) is 0 Å². The summed E-state index contributed by atoms with van der Waals surface area (Å²) in [4.78, 5) is 4.93. The number of piperidine rings is 1. The van der Waals surface area contributed by atoms with Gasteiger partial charge in [0.1, 0.15) is 0 Å². The van der Waals surface area contributed by atoms with Crippen molar-refractivity contribution in [2.24, 2.45) is 0 Å². The number of nitrogens with one attached hydrogen (secondary N) is 1. The van der Waals surface area contributed by atoms with Crippen molar-refractivity contribution in [3.8, 4) is 0 Å². The number of hydrogen-bond acceptors (Lipinski definition) is 2. The molecule has 0 aromatic heterocycles. The van der Waals surface area contributed by atoms with E-state index in [1.165, 1.54) is 57.2 Å². The topological polar surface area (TPSA) is 18.5 Å². The Kier molecular flexibility index (Phi) is 10.1. The maximum atomic E-state index is 5.92. The van der Waals surface area contributed by atoms with Crippen LogP contribution in [0.15, 0.2) is 30.3 Å². The minimum atomic E-state index is 0.509. The molecule has 1 aromatic carbocycles. The maximum Gasteiger partial charge on any atom is 0.169 e. The van der Waals surface area contributed by atoms with Crippen LogP contribution in [0.4, 0.5) is 0 Å². The largest absolute Gasteiger partial charge is 0.360 e. The van der Waals surface area contributed by atoms with Crippen LogP contribution in [0.1, 0.15) is 64.4 Å². The highest BCUT2D eigenvalue weighted by Gasteiger charge is 2.25. The van der Waals surface area contributed by atoms with Crippen molar-refractivity contribution in [3.05, 3.63) is 35.9 Å². The second-order valence-electron chi connectivity index (χ2n) is 8.01. The van der Waals surface area contributed by atoms with Gasteiger partial charge >= 0.3 is 0 Å². The molecule has 27 heavy (non-hydrogen) atoms. The summed E-state index contributed by atoms with van der Waals surface area (Å²) in [5, 5.41) is 4.69. The number of benzene rings is 1. The summed E-state index contributed by atoms with van der Waals surface area (Å²) in [5.41, 5.74) is 1.40. The second-order valence-corrected chi connectivity index (χ2v) is 8.40. The lowest BCUT2D eigenvalue weighted by Crippen LogP contribution is -2.52. The van der Waals surface area contributed by atoms with Crippen LogP contribution < -0.4 is 5.32 Å². The fraction of sp³-hybridized carbons (Fsp3) is 0.696. The van der Waals surface area contributed by atoms with E-state index in [9.17, 15) is 0 Å². The van der Waals surface area contributed by atoms with E-state index in [-0.39, 0.29) is 0 Å². The first-order chi connectivity index (χ1) is 13.1. The molecule has 1 saturated heterocycles. The highest BCUT2D eigenvalue weighted by molar-refractivity contribution is 7.80. The predicted octanol–water partition coefficient (Wildman–Crippen LogP) is 4.86. The van der Waals surface area contributed by atoms with Gasteiger partial charge in [-0.3, -0.25) is 0 Å². The molecule has 0 aliphatic carbocycles. The summed E-state index contributed by atoms with van der Waals surface area (Å²) in [7, 11) is 2.22. The van der Waals surface area contributed by atoms with Crippen LogP contribution in [0.3, 0.4) is 0 Å². The van der Waals surface area contributed by atoms with E-state index in [2.05, 4.69) is 66.3 Å². The molecule has 1 aliphatic rings. The van der Waals surface area contributed by atoms with Gasteiger partial charge in [0, 0.05) is 18.6 Å². The quantitative estimate of drug-likeness (QED) is 0.455. The summed E-state index contributed by atoms with van der Waals surface area (Å²) in [6.07, 6.45) is 9.73. The lowest BCUT2D eigenvalue weighted by molar-refractivity contribution is 0.174. The third-order valence-electron chi connectivity index (χ3n) is 5.85. The van der Waals surface area contributed by atoms with Gasteiger partial charge in [0.25, 0.3) is 0 Å². The Balaban J connectivity index is 1.97. The zero-order valence-electron chi connectivity index (χ0n) is 17.6. The molecule has 1 aromatic rings. The van der Waals surface area contributed by atoms with Gasteiger partial charge in [0.2, 0.25) is 0 Å².